The number of amides is 4. The average Bonchev–Trinajstić information content (AvgIpc) is 2.87. The summed E-state index contributed by atoms with van der Waals surface area (Å²) in [4.78, 5) is 63.4. The number of carbonyl (C=O) groups excluding carboxylic acids is 5. The van der Waals surface area contributed by atoms with E-state index in [1.54, 1.807) is 13.8 Å². The summed E-state index contributed by atoms with van der Waals surface area (Å²) in [5, 5.41) is 22.4. The number of rotatable bonds is 19. The highest BCUT2D eigenvalue weighted by atomic mass is 16.5. The Bertz CT molecular complexity index is 849. The molecule has 0 aliphatic heterocycles. The first-order valence-corrected chi connectivity index (χ1v) is 14.7. The zero-order valence-electron chi connectivity index (χ0n) is 26.4. The monoisotopic (exact) mass is 585 g/mol. The lowest BCUT2D eigenvalue weighted by Gasteiger charge is -2.33. The number of nitrogens with two attached hydrogens (primary N) is 1. The molecule has 0 spiro atoms. The summed E-state index contributed by atoms with van der Waals surface area (Å²) in [6, 6.07) is -3.49. The van der Waals surface area contributed by atoms with Crippen LogP contribution in [-0.4, -0.2) is 78.6 Å². The number of methoxy groups -OCH3 is 1. The molecule has 0 aliphatic rings. The van der Waals surface area contributed by atoms with Gasteiger partial charge in [0.05, 0.1) is 25.2 Å². The molecule has 0 aromatic heterocycles. The van der Waals surface area contributed by atoms with Crippen molar-refractivity contribution in [3.63, 3.8) is 0 Å². The molecule has 0 radical (unpaired) electrons. The highest BCUT2D eigenvalue weighted by Gasteiger charge is 2.37. The van der Waals surface area contributed by atoms with E-state index in [9.17, 15) is 29.1 Å². The van der Waals surface area contributed by atoms with Gasteiger partial charge in [-0.15, -0.1) is 0 Å². The number of nitrogens with one attached hydrogen (secondary N) is 4. The Morgan fingerprint density at radius 2 is 1.37 bits per heavy atom. The number of esters is 1. The van der Waals surface area contributed by atoms with Crippen molar-refractivity contribution in [1.82, 2.24) is 21.3 Å². The van der Waals surface area contributed by atoms with Crippen molar-refractivity contribution in [3.8, 4) is 0 Å². The molecule has 0 aromatic carbocycles. The topological polar surface area (TPSA) is 189 Å². The number of carbonyl (C=O) groups is 5. The van der Waals surface area contributed by atoms with E-state index in [1.165, 1.54) is 21.0 Å². The number of aliphatic hydroxyl groups is 1. The first-order valence-electron chi connectivity index (χ1n) is 14.7. The molecular weight excluding hydrogens is 530 g/mol. The van der Waals surface area contributed by atoms with Crippen LogP contribution in [0, 0.1) is 23.7 Å². The molecule has 6 atom stereocenters. The summed E-state index contributed by atoms with van der Waals surface area (Å²) in [6.45, 7) is 14.5. The summed E-state index contributed by atoms with van der Waals surface area (Å²) >= 11 is 0. The van der Waals surface area contributed by atoms with Crippen LogP contribution in [0.3, 0.4) is 0 Å². The Kier molecular flexibility index (Phi) is 18.1. The molecule has 0 rings (SSSR count). The van der Waals surface area contributed by atoms with Gasteiger partial charge in [-0.2, -0.15) is 0 Å². The van der Waals surface area contributed by atoms with E-state index in [1.807, 2.05) is 27.7 Å². The minimum absolute atomic E-state index is 0.0364. The van der Waals surface area contributed by atoms with Gasteiger partial charge in [0.2, 0.25) is 23.6 Å². The second-order valence-electron chi connectivity index (χ2n) is 12.0. The van der Waals surface area contributed by atoms with Gasteiger partial charge in [0.1, 0.15) is 18.1 Å². The first kappa shape index (κ1) is 38.3. The first-order chi connectivity index (χ1) is 19.0. The Hall–Kier alpha value is -2.73. The zero-order valence-corrected chi connectivity index (χ0v) is 26.4. The third-order valence-electron chi connectivity index (χ3n) is 6.74. The second-order valence-corrected chi connectivity index (χ2v) is 12.0. The van der Waals surface area contributed by atoms with E-state index in [0.29, 0.717) is 38.6 Å². The Morgan fingerprint density at radius 3 is 1.83 bits per heavy atom. The lowest BCUT2D eigenvalue weighted by atomic mass is 9.84. The van der Waals surface area contributed by atoms with E-state index in [0.717, 1.165) is 0 Å². The molecule has 0 heterocycles. The molecule has 12 heteroatoms. The van der Waals surface area contributed by atoms with Gasteiger partial charge in [-0.25, -0.2) is 4.79 Å². The van der Waals surface area contributed by atoms with Crippen molar-refractivity contribution in [2.45, 2.75) is 118 Å². The molecule has 4 amide bonds. The Morgan fingerprint density at radius 1 is 0.780 bits per heavy atom. The SMILES string of the molecule is COC(=O)[C@H](C)NC(=O)[C@@H](CC(C)C)[C@H](O)[C@H](CC(C)C)NC(=O)[C@H](CCCCN)NC(=O)[C@@H](NC(C)=O)C(C)C. The van der Waals surface area contributed by atoms with Gasteiger partial charge in [-0.05, 0) is 63.3 Å². The summed E-state index contributed by atoms with van der Waals surface area (Å²) in [5.74, 6) is -3.52. The zero-order chi connectivity index (χ0) is 31.9. The molecule has 0 unspecified atom stereocenters. The summed E-state index contributed by atoms with van der Waals surface area (Å²) in [6.07, 6.45) is 0.933. The average molecular weight is 586 g/mol. The van der Waals surface area contributed by atoms with E-state index < -0.39 is 59.9 Å². The van der Waals surface area contributed by atoms with Crippen LogP contribution >= 0.6 is 0 Å². The van der Waals surface area contributed by atoms with Crippen molar-refractivity contribution in [2.75, 3.05) is 13.7 Å². The number of ether oxygens (including phenoxy) is 1. The van der Waals surface area contributed by atoms with Crippen LogP contribution in [0.1, 0.15) is 87.5 Å². The molecule has 41 heavy (non-hydrogen) atoms. The molecule has 0 bridgehead atoms. The van der Waals surface area contributed by atoms with E-state index in [4.69, 9.17) is 10.5 Å². The van der Waals surface area contributed by atoms with E-state index in [-0.39, 0.29) is 23.7 Å². The molecule has 0 fully saturated rings. The third kappa shape index (κ3) is 14.6. The van der Waals surface area contributed by atoms with Crippen LogP contribution in [-0.2, 0) is 28.7 Å². The number of aliphatic hydroxyl groups excluding tert-OH is 1. The third-order valence-corrected chi connectivity index (χ3v) is 6.74. The van der Waals surface area contributed by atoms with Gasteiger partial charge in [-0.1, -0.05) is 41.5 Å². The Balaban J connectivity index is 6.08. The van der Waals surface area contributed by atoms with Gasteiger partial charge >= 0.3 is 5.97 Å². The molecule has 0 saturated heterocycles. The van der Waals surface area contributed by atoms with Crippen LogP contribution < -0.4 is 27.0 Å². The highest BCUT2D eigenvalue weighted by Crippen LogP contribution is 2.22. The van der Waals surface area contributed by atoms with Crippen molar-refractivity contribution >= 4 is 29.6 Å². The standard InChI is InChI=1S/C29H55N5O7/c1-16(2)14-21(26(37)31-19(7)29(40)41-9)25(36)23(15-17(3)4)34-27(38)22(12-10-11-13-30)33-28(39)24(18(5)6)32-20(8)35/h16-19,21-25,36H,10-15,30H2,1-9H3,(H,31,37)(H,32,35)(H,33,39)(H,34,38)/t19-,21-,22-,23-,24-,25-/m0/s1. The minimum atomic E-state index is -1.27. The quantitative estimate of drug-likeness (QED) is 0.0956. The van der Waals surface area contributed by atoms with Gasteiger partial charge in [0, 0.05) is 6.92 Å². The summed E-state index contributed by atoms with van der Waals surface area (Å²) in [7, 11) is 1.22. The van der Waals surface area contributed by atoms with Crippen molar-refractivity contribution in [1.29, 1.82) is 0 Å². The Labute approximate surface area is 245 Å². The molecule has 0 saturated carbocycles. The largest absolute Gasteiger partial charge is 0.467 e. The van der Waals surface area contributed by atoms with Crippen molar-refractivity contribution in [3.05, 3.63) is 0 Å². The second kappa shape index (κ2) is 19.4. The fourth-order valence-electron chi connectivity index (χ4n) is 4.60. The fourth-order valence-corrected chi connectivity index (χ4v) is 4.60. The lowest BCUT2D eigenvalue weighted by molar-refractivity contribution is -0.146. The molecule has 0 aliphatic carbocycles. The van der Waals surface area contributed by atoms with Gasteiger partial charge in [0.25, 0.3) is 0 Å². The van der Waals surface area contributed by atoms with E-state index in [2.05, 4.69) is 21.3 Å². The summed E-state index contributed by atoms with van der Waals surface area (Å²) in [5.41, 5.74) is 5.64. The van der Waals surface area contributed by atoms with Crippen LogP contribution in [0.25, 0.3) is 0 Å². The van der Waals surface area contributed by atoms with E-state index >= 15 is 0 Å². The van der Waals surface area contributed by atoms with Gasteiger partial charge < -0.3 is 36.8 Å². The number of hydrogen-bond acceptors (Lipinski definition) is 8. The van der Waals surface area contributed by atoms with Gasteiger partial charge in [-0.3, -0.25) is 19.2 Å². The predicted molar refractivity (Wildman–Crippen MR) is 157 cm³/mol. The minimum Gasteiger partial charge on any atom is -0.467 e. The summed E-state index contributed by atoms with van der Waals surface area (Å²) < 4.78 is 4.70. The predicted octanol–water partition coefficient (Wildman–Crippen LogP) is 0.993. The molecule has 238 valence electrons. The highest BCUT2D eigenvalue weighted by molar-refractivity contribution is 5.92. The van der Waals surface area contributed by atoms with Crippen LogP contribution in [0.4, 0.5) is 0 Å². The van der Waals surface area contributed by atoms with Crippen molar-refractivity contribution in [2.24, 2.45) is 29.4 Å². The molecule has 7 N–H and O–H groups in total. The molecule has 0 aromatic rings. The normalized spacial score (nSPS) is 15.9. The number of unbranched alkanes of at least 4 members (excludes halogenated alkanes) is 1. The van der Waals surface area contributed by atoms with Crippen LogP contribution in [0.5, 0.6) is 0 Å². The fraction of sp³-hybridized carbons (Fsp3) is 0.828. The smallest absolute Gasteiger partial charge is 0.328 e. The van der Waals surface area contributed by atoms with Crippen LogP contribution in [0.15, 0.2) is 0 Å². The van der Waals surface area contributed by atoms with Gasteiger partial charge in [0.15, 0.2) is 0 Å². The lowest BCUT2D eigenvalue weighted by Crippen LogP contribution is -2.58. The molecule has 12 nitrogen and oxygen atoms in total. The maximum atomic E-state index is 13.6. The maximum Gasteiger partial charge on any atom is 0.328 e. The van der Waals surface area contributed by atoms with Crippen LogP contribution in [0.2, 0.25) is 0 Å². The van der Waals surface area contributed by atoms with Crippen molar-refractivity contribution < 1.29 is 33.8 Å². The molecular formula is C29H55N5O7. The maximum absolute atomic E-state index is 13.6. The number of hydrogen-bond donors (Lipinski definition) is 6.